The molecule has 0 aliphatic heterocycles. The molecule has 0 fully saturated rings. The maximum Gasteiger partial charge on any atom is 0.0934 e. The summed E-state index contributed by atoms with van der Waals surface area (Å²) < 4.78 is 2.02. The largest absolute Gasteiger partial charge is 0.232 e. The van der Waals surface area contributed by atoms with Crippen molar-refractivity contribution in [2.45, 2.75) is 6.92 Å². The molecule has 1 aromatic heterocycles. The van der Waals surface area contributed by atoms with E-state index in [-0.39, 0.29) is 0 Å². The van der Waals surface area contributed by atoms with Crippen molar-refractivity contribution >= 4 is 0 Å². The Labute approximate surface area is 142 Å². The van der Waals surface area contributed by atoms with Gasteiger partial charge in [-0.3, -0.25) is 0 Å². The van der Waals surface area contributed by atoms with Crippen LogP contribution < -0.4 is 0 Å². The molecule has 0 unspecified atom stereocenters. The lowest BCUT2D eigenvalue weighted by molar-refractivity contribution is 0.892. The SMILES string of the molecule is Cc1cccc(-c2cc(-c3ccccc3)n(-c3ccccc3)n2)c1. The fraction of sp³-hybridized carbons (Fsp3) is 0.0455. The van der Waals surface area contributed by atoms with Crippen molar-refractivity contribution in [3.8, 4) is 28.2 Å². The third kappa shape index (κ3) is 2.74. The molecule has 24 heavy (non-hydrogen) atoms. The van der Waals surface area contributed by atoms with E-state index in [1.165, 1.54) is 5.56 Å². The molecule has 0 amide bonds. The maximum absolute atomic E-state index is 4.88. The minimum absolute atomic E-state index is 0.987. The van der Waals surface area contributed by atoms with Crippen LogP contribution in [-0.2, 0) is 0 Å². The minimum Gasteiger partial charge on any atom is -0.232 e. The van der Waals surface area contributed by atoms with E-state index in [4.69, 9.17) is 5.10 Å². The van der Waals surface area contributed by atoms with Gasteiger partial charge in [0.05, 0.1) is 17.1 Å². The lowest BCUT2D eigenvalue weighted by Gasteiger charge is -2.07. The van der Waals surface area contributed by atoms with E-state index in [1.807, 2.05) is 28.9 Å². The molecular weight excluding hydrogens is 292 g/mol. The molecule has 0 aliphatic rings. The standard InChI is InChI=1S/C22H18N2/c1-17-9-8-12-19(15-17)21-16-22(18-10-4-2-5-11-18)24(23-21)20-13-6-3-7-14-20/h2-16H,1H3. The molecule has 0 radical (unpaired) electrons. The maximum atomic E-state index is 4.88. The average molecular weight is 310 g/mol. The Morgan fingerprint density at radius 2 is 1.33 bits per heavy atom. The van der Waals surface area contributed by atoms with Gasteiger partial charge in [0.1, 0.15) is 0 Å². The van der Waals surface area contributed by atoms with Crippen molar-refractivity contribution in [3.05, 3.63) is 96.6 Å². The molecule has 0 bridgehead atoms. The first-order chi connectivity index (χ1) is 11.8. The molecular formula is C22H18N2. The van der Waals surface area contributed by atoms with E-state index in [0.29, 0.717) is 0 Å². The Morgan fingerprint density at radius 3 is 2.04 bits per heavy atom. The zero-order valence-electron chi connectivity index (χ0n) is 13.6. The van der Waals surface area contributed by atoms with Gasteiger partial charge in [0.25, 0.3) is 0 Å². The predicted octanol–water partition coefficient (Wildman–Crippen LogP) is 5.51. The van der Waals surface area contributed by atoms with Gasteiger partial charge >= 0.3 is 0 Å². The number of nitrogens with zero attached hydrogens (tertiary/aromatic N) is 2. The van der Waals surface area contributed by atoms with Crippen LogP contribution in [0, 0.1) is 6.92 Å². The second-order valence-corrected chi connectivity index (χ2v) is 5.90. The van der Waals surface area contributed by atoms with Crippen LogP contribution in [0.2, 0.25) is 0 Å². The summed E-state index contributed by atoms with van der Waals surface area (Å²) in [6, 6.07) is 31.3. The molecule has 4 aromatic rings. The van der Waals surface area contributed by atoms with Crippen LogP contribution in [0.5, 0.6) is 0 Å². The first-order valence-corrected chi connectivity index (χ1v) is 8.09. The minimum atomic E-state index is 0.987. The van der Waals surface area contributed by atoms with Gasteiger partial charge in [0.2, 0.25) is 0 Å². The molecule has 4 rings (SSSR count). The quantitative estimate of drug-likeness (QED) is 0.487. The van der Waals surface area contributed by atoms with Crippen LogP contribution in [0.15, 0.2) is 91.0 Å². The second-order valence-electron chi connectivity index (χ2n) is 5.90. The summed E-state index contributed by atoms with van der Waals surface area (Å²) in [5.41, 5.74) is 6.69. The van der Waals surface area contributed by atoms with Gasteiger partial charge < -0.3 is 0 Å². The Bertz CT molecular complexity index is 897. The van der Waals surface area contributed by atoms with Crippen LogP contribution in [0.1, 0.15) is 5.56 Å². The van der Waals surface area contributed by atoms with Gasteiger partial charge in [-0.25, -0.2) is 4.68 Å². The fourth-order valence-corrected chi connectivity index (χ4v) is 2.91. The lowest BCUT2D eigenvalue weighted by atomic mass is 10.1. The summed E-state index contributed by atoms with van der Waals surface area (Å²) in [5, 5.41) is 4.88. The van der Waals surface area contributed by atoms with Gasteiger partial charge in [0.15, 0.2) is 0 Å². The molecule has 116 valence electrons. The zero-order valence-corrected chi connectivity index (χ0v) is 13.6. The van der Waals surface area contributed by atoms with Crippen molar-refractivity contribution in [1.29, 1.82) is 0 Å². The summed E-state index contributed by atoms with van der Waals surface area (Å²) in [5.74, 6) is 0. The normalized spacial score (nSPS) is 10.7. The topological polar surface area (TPSA) is 17.8 Å². The van der Waals surface area contributed by atoms with Gasteiger partial charge in [0, 0.05) is 11.1 Å². The number of hydrogen-bond donors (Lipinski definition) is 0. The van der Waals surface area contributed by atoms with Crippen molar-refractivity contribution in [1.82, 2.24) is 9.78 Å². The van der Waals surface area contributed by atoms with Crippen LogP contribution in [-0.4, -0.2) is 9.78 Å². The number of rotatable bonds is 3. The van der Waals surface area contributed by atoms with E-state index in [9.17, 15) is 0 Å². The molecule has 2 heteroatoms. The molecule has 2 nitrogen and oxygen atoms in total. The third-order valence-electron chi connectivity index (χ3n) is 4.09. The number of aryl methyl sites for hydroxylation is 1. The summed E-state index contributed by atoms with van der Waals surface area (Å²) in [7, 11) is 0. The first kappa shape index (κ1) is 14.5. The van der Waals surface area contributed by atoms with Gasteiger partial charge in [-0.1, -0.05) is 72.3 Å². The Balaban J connectivity index is 1.91. The monoisotopic (exact) mass is 310 g/mol. The van der Waals surface area contributed by atoms with Crippen LogP contribution in [0.4, 0.5) is 0 Å². The van der Waals surface area contributed by atoms with Crippen molar-refractivity contribution < 1.29 is 0 Å². The fourth-order valence-electron chi connectivity index (χ4n) is 2.91. The van der Waals surface area contributed by atoms with Crippen molar-refractivity contribution in [2.24, 2.45) is 0 Å². The molecule has 3 aromatic carbocycles. The summed E-state index contributed by atoms with van der Waals surface area (Å²) >= 11 is 0. The van der Waals surface area contributed by atoms with E-state index in [1.54, 1.807) is 0 Å². The van der Waals surface area contributed by atoms with E-state index >= 15 is 0 Å². The smallest absolute Gasteiger partial charge is 0.0934 e. The highest BCUT2D eigenvalue weighted by atomic mass is 15.3. The molecule has 0 spiro atoms. The van der Waals surface area contributed by atoms with Crippen LogP contribution in [0.25, 0.3) is 28.2 Å². The zero-order chi connectivity index (χ0) is 16.4. The van der Waals surface area contributed by atoms with Gasteiger partial charge in [-0.2, -0.15) is 5.10 Å². The molecule has 0 saturated heterocycles. The summed E-state index contributed by atoms with van der Waals surface area (Å²) in [4.78, 5) is 0. The first-order valence-electron chi connectivity index (χ1n) is 8.09. The van der Waals surface area contributed by atoms with Crippen LogP contribution in [0.3, 0.4) is 0 Å². The molecule has 1 heterocycles. The third-order valence-corrected chi connectivity index (χ3v) is 4.09. The van der Waals surface area contributed by atoms with E-state index in [2.05, 4.69) is 73.7 Å². The molecule has 0 aliphatic carbocycles. The molecule has 0 atom stereocenters. The predicted molar refractivity (Wildman–Crippen MR) is 99.2 cm³/mol. The Kier molecular flexibility index (Phi) is 3.72. The second kappa shape index (κ2) is 6.17. The highest BCUT2D eigenvalue weighted by molar-refractivity contribution is 5.70. The van der Waals surface area contributed by atoms with E-state index in [0.717, 1.165) is 28.2 Å². The number of hydrogen-bond acceptors (Lipinski definition) is 1. The highest BCUT2D eigenvalue weighted by Crippen LogP contribution is 2.28. The lowest BCUT2D eigenvalue weighted by Crippen LogP contribution is -1.98. The average Bonchev–Trinajstić information content (AvgIpc) is 3.09. The van der Waals surface area contributed by atoms with E-state index < -0.39 is 0 Å². The Hall–Kier alpha value is -3.13. The Morgan fingerprint density at radius 1 is 0.667 bits per heavy atom. The number of aromatic nitrogens is 2. The number of para-hydroxylation sites is 1. The van der Waals surface area contributed by atoms with Crippen molar-refractivity contribution in [3.63, 3.8) is 0 Å². The van der Waals surface area contributed by atoms with Crippen molar-refractivity contribution in [2.75, 3.05) is 0 Å². The summed E-state index contributed by atoms with van der Waals surface area (Å²) in [6.45, 7) is 2.11. The number of benzene rings is 3. The molecule has 0 saturated carbocycles. The van der Waals surface area contributed by atoms with Gasteiger partial charge in [-0.05, 0) is 31.2 Å². The van der Waals surface area contributed by atoms with Gasteiger partial charge in [-0.15, -0.1) is 0 Å². The van der Waals surface area contributed by atoms with Crippen LogP contribution >= 0.6 is 0 Å². The highest BCUT2D eigenvalue weighted by Gasteiger charge is 2.12. The molecule has 0 N–H and O–H groups in total. The summed E-state index contributed by atoms with van der Waals surface area (Å²) in [6.07, 6.45) is 0.